The van der Waals surface area contributed by atoms with Crippen LogP contribution in [0.1, 0.15) is 84.5 Å². The predicted octanol–water partition coefficient (Wildman–Crippen LogP) is 5.09. The van der Waals surface area contributed by atoms with Gasteiger partial charge in [-0.3, -0.25) is 0 Å². The van der Waals surface area contributed by atoms with Gasteiger partial charge in [0.2, 0.25) is 0 Å². The maximum Gasteiger partial charge on any atom is 0.126 e. The van der Waals surface area contributed by atoms with Gasteiger partial charge in [-0.25, -0.2) is 0 Å². The Balaban J connectivity index is 3.61. The summed E-state index contributed by atoms with van der Waals surface area (Å²) in [6, 6.07) is 4.49. The number of rotatable bonds is 4. The van der Waals surface area contributed by atoms with Gasteiger partial charge in [0, 0.05) is 17.2 Å². The van der Waals surface area contributed by atoms with Gasteiger partial charge < -0.3 is 10.5 Å². The van der Waals surface area contributed by atoms with Gasteiger partial charge >= 0.3 is 0 Å². The molecule has 0 amide bonds. The average Bonchev–Trinajstić information content (AvgIpc) is 2.32. The Morgan fingerprint density at radius 1 is 1.00 bits per heavy atom. The van der Waals surface area contributed by atoms with Gasteiger partial charge in [0.15, 0.2) is 0 Å². The molecule has 1 aromatic rings. The zero-order valence-corrected chi connectivity index (χ0v) is 15.1. The van der Waals surface area contributed by atoms with E-state index in [0.717, 1.165) is 18.8 Å². The van der Waals surface area contributed by atoms with E-state index in [1.165, 1.54) is 16.7 Å². The van der Waals surface area contributed by atoms with E-state index >= 15 is 0 Å². The first-order valence-electron chi connectivity index (χ1n) is 8.05. The van der Waals surface area contributed by atoms with Crippen LogP contribution in [-0.4, -0.2) is 6.61 Å². The summed E-state index contributed by atoms with van der Waals surface area (Å²) in [5.41, 5.74) is 9.93. The van der Waals surface area contributed by atoms with Crippen molar-refractivity contribution in [3.8, 4) is 5.75 Å². The fourth-order valence-electron chi connectivity index (χ4n) is 2.39. The molecule has 2 heteroatoms. The summed E-state index contributed by atoms with van der Waals surface area (Å²) >= 11 is 0. The fourth-order valence-corrected chi connectivity index (χ4v) is 2.39. The van der Waals surface area contributed by atoms with Gasteiger partial charge in [-0.1, -0.05) is 60.6 Å². The van der Waals surface area contributed by atoms with E-state index in [-0.39, 0.29) is 16.9 Å². The summed E-state index contributed by atoms with van der Waals surface area (Å²) < 4.78 is 6.16. The zero-order chi connectivity index (χ0) is 16.4. The second-order valence-corrected chi connectivity index (χ2v) is 8.08. The van der Waals surface area contributed by atoms with E-state index in [1.54, 1.807) is 0 Å². The zero-order valence-electron chi connectivity index (χ0n) is 15.1. The number of hydrogen-bond acceptors (Lipinski definition) is 2. The molecule has 0 bridgehead atoms. The quantitative estimate of drug-likeness (QED) is 0.838. The Bertz CT molecular complexity index is 440. The summed E-state index contributed by atoms with van der Waals surface area (Å²) in [7, 11) is 0. The van der Waals surface area contributed by atoms with Crippen LogP contribution in [0.15, 0.2) is 12.1 Å². The lowest BCUT2D eigenvalue weighted by molar-refractivity contribution is 0.299. The van der Waals surface area contributed by atoms with Gasteiger partial charge in [-0.05, 0) is 29.7 Å². The van der Waals surface area contributed by atoms with E-state index in [2.05, 4.69) is 60.6 Å². The van der Waals surface area contributed by atoms with Crippen molar-refractivity contribution in [1.82, 2.24) is 0 Å². The van der Waals surface area contributed by atoms with Crippen LogP contribution in [-0.2, 0) is 10.8 Å². The van der Waals surface area contributed by atoms with Crippen molar-refractivity contribution in [2.24, 2.45) is 5.73 Å². The molecule has 1 unspecified atom stereocenters. The monoisotopic (exact) mass is 291 g/mol. The summed E-state index contributed by atoms with van der Waals surface area (Å²) in [4.78, 5) is 0. The molecular weight excluding hydrogens is 258 g/mol. The Morgan fingerprint density at radius 3 is 1.71 bits per heavy atom. The van der Waals surface area contributed by atoms with Crippen molar-refractivity contribution in [2.75, 3.05) is 6.61 Å². The third-order valence-electron chi connectivity index (χ3n) is 3.70. The van der Waals surface area contributed by atoms with Crippen molar-refractivity contribution < 1.29 is 4.74 Å². The second kappa shape index (κ2) is 6.39. The Labute approximate surface area is 131 Å². The molecule has 1 atom stereocenters. The highest BCUT2D eigenvalue weighted by atomic mass is 16.5. The first-order valence-corrected chi connectivity index (χ1v) is 8.05. The van der Waals surface area contributed by atoms with E-state index in [9.17, 15) is 0 Å². The summed E-state index contributed by atoms with van der Waals surface area (Å²) in [6.45, 7) is 18.3. The Morgan fingerprint density at radius 2 is 1.43 bits per heavy atom. The lowest BCUT2D eigenvalue weighted by Gasteiger charge is -2.31. The lowest BCUT2D eigenvalue weighted by Crippen LogP contribution is -2.21. The molecule has 0 heterocycles. The van der Waals surface area contributed by atoms with Crippen LogP contribution in [0.2, 0.25) is 0 Å². The van der Waals surface area contributed by atoms with E-state index in [4.69, 9.17) is 10.5 Å². The highest BCUT2D eigenvalue weighted by Crippen LogP contribution is 2.41. The second-order valence-electron chi connectivity index (χ2n) is 8.08. The van der Waals surface area contributed by atoms with E-state index in [0.29, 0.717) is 0 Å². The topological polar surface area (TPSA) is 35.2 Å². The molecule has 0 aliphatic carbocycles. The molecule has 0 radical (unpaired) electrons. The summed E-state index contributed by atoms with van der Waals surface area (Å²) in [6.07, 6.45) is 1.02. The molecule has 0 aliphatic heterocycles. The molecule has 0 saturated heterocycles. The minimum Gasteiger partial charge on any atom is -0.493 e. The van der Waals surface area contributed by atoms with E-state index in [1.807, 2.05) is 6.92 Å². The van der Waals surface area contributed by atoms with Crippen LogP contribution in [0.25, 0.3) is 0 Å². The van der Waals surface area contributed by atoms with Crippen molar-refractivity contribution in [3.63, 3.8) is 0 Å². The first-order chi connectivity index (χ1) is 9.48. The van der Waals surface area contributed by atoms with Gasteiger partial charge in [-0.2, -0.15) is 0 Å². The van der Waals surface area contributed by atoms with Crippen molar-refractivity contribution in [3.05, 3.63) is 28.8 Å². The fraction of sp³-hybridized carbons (Fsp3) is 0.684. The standard InChI is InChI=1S/C19H33NO/c1-9-10-21-17-15(18(3,4)5)11-14(13(2)20)12-16(17)19(6,7)8/h11-13H,9-10,20H2,1-8H3. The molecule has 21 heavy (non-hydrogen) atoms. The van der Waals surface area contributed by atoms with Crippen LogP contribution >= 0.6 is 0 Å². The van der Waals surface area contributed by atoms with Crippen LogP contribution in [0.5, 0.6) is 5.75 Å². The lowest BCUT2D eigenvalue weighted by atomic mass is 9.77. The van der Waals surface area contributed by atoms with Gasteiger partial charge in [-0.15, -0.1) is 0 Å². The summed E-state index contributed by atoms with van der Waals surface area (Å²) in [5.74, 6) is 1.06. The molecule has 0 spiro atoms. The minimum atomic E-state index is 0.0347. The van der Waals surface area contributed by atoms with Gasteiger partial charge in [0.25, 0.3) is 0 Å². The van der Waals surface area contributed by atoms with Crippen LogP contribution in [0.3, 0.4) is 0 Å². The molecule has 1 aromatic carbocycles. The van der Waals surface area contributed by atoms with E-state index < -0.39 is 0 Å². The van der Waals surface area contributed by atoms with Gasteiger partial charge in [0.1, 0.15) is 5.75 Å². The third-order valence-corrected chi connectivity index (χ3v) is 3.70. The summed E-state index contributed by atoms with van der Waals surface area (Å²) in [5, 5.41) is 0. The molecule has 1 rings (SSSR count). The molecule has 2 N–H and O–H groups in total. The van der Waals surface area contributed by atoms with Crippen molar-refractivity contribution in [2.45, 2.75) is 78.7 Å². The predicted molar refractivity (Wildman–Crippen MR) is 92.2 cm³/mol. The highest BCUT2D eigenvalue weighted by molar-refractivity contribution is 5.51. The van der Waals surface area contributed by atoms with Crippen LogP contribution in [0, 0.1) is 0 Å². The Hall–Kier alpha value is -1.02. The first kappa shape index (κ1) is 18.0. The SMILES string of the molecule is CCCOc1c(C(C)(C)C)cc(C(C)N)cc1C(C)(C)C. The van der Waals surface area contributed by atoms with Crippen LogP contribution < -0.4 is 10.5 Å². The molecule has 120 valence electrons. The highest BCUT2D eigenvalue weighted by Gasteiger charge is 2.28. The molecule has 2 nitrogen and oxygen atoms in total. The van der Waals surface area contributed by atoms with Crippen molar-refractivity contribution in [1.29, 1.82) is 0 Å². The molecular formula is C19H33NO. The van der Waals surface area contributed by atoms with Gasteiger partial charge in [0.05, 0.1) is 6.61 Å². The molecule has 0 aromatic heterocycles. The maximum absolute atomic E-state index is 6.16. The average molecular weight is 291 g/mol. The smallest absolute Gasteiger partial charge is 0.126 e. The number of benzene rings is 1. The maximum atomic E-state index is 6.16. The largest absolute Gasteiger partial charge is 0.493 e. The van der Waals surface area contributed by atoms with Crippen molar-refractivity contribution >= 4 is 0 Å². The third kappa shape index (κ3) is 4.47. The number of nitrogens with two attached hydrogens (primary N) is 1. The molecule has 0 saturated carbocycles. The minimum absolute atomic E-state index is 0.0347. The Kier molecular flexibility index (Phi) is 5.49. The number of ether oxygens (including phenoxy) is 1. The van der Waals surface area contributed by atoms with Crippen LogP contribution in [0.4, 0.5) is 0 Å². The number of hydrogen-bond donors (Lipinski definition) is 1. The normalized spacial score (nSPS) is 14.1. The molecule has 0 fully saturated rings. The molecule has 0 aliphatic rings.